The lowest BCUT2D eigenvalue weighted by molar-refractivity contribution is 0.286. The molecular weight excluding hydrogens is 512 g/mol. The van der Waals surface area contributed by atoms with Crippen LogP contribution in [0.1, 0.15) is 65.5 Å². The van der Waals surface area contributed by atoms with E-state index in [1.54, 1.807) is 4.31 Å². The molecule has 3 atom stereocenters. The van der Waals surface area contributed by atoms with Crippen molar-refractivity contribution < 1.29 is 8.42 Å². The fourth-order valence-corrected chi connectivity index (χ4v) is 8.22. The van der Waals surface area contributed by atoms with E-state index in [1.165, 1.54) is 11.1 Å². The van der Waals surface area contributed by atoms with Gasteiger partial charge in [-0.25, -0.2) is 12.7 Å². The third kappa shape index (κ3) is 3.91. The molecule has 1 aliphatic carbocycles. The van der Waals surface area contributed by atoms with Gasteiger partial charge in [0.25, 0.3) is 0 Å². The van der Waals surface area contributed by atoms with Crippen molar-refractivity contribution in [2.24, 2.45) is 0 Å². The molecule has 0 aromatic heterocycles. The SMILES string of the molecule is CCCCS(=O)(=O)N1C=C(c2ccccc2)N2C(c3ccccc3)=CC3c4ccccc4C3C2c2ccccc21. The van der Waals surface area contributed by atoms with Gasteiger partial charge in [0.15, 0.2) is 0 Å². The highest BCUT2D eigenvalue weighted by Gasteiger charge is 2.51. The van der Waals surface area contributed by atoms with Crippen molar-refractivity contribution in [1.82, 2.24) is 4.90 Å². The lowest BCUT2D eigenvalue weighted by Gasteiger charge is -2.52. The Morgan fingerprint density at radius 3 is 1.93 bits per heavy atom. The highest BCUT2D eigenvalue weighted by Crippen LogP contribution is 2.63. The highest BCUT2D eigenvalue weighted by molar-refractivity contribution is 7.92. The van der Waals surface area contributed by atoms with E-state index in [1.807, 2.05) is 55.6 Å². The van der Waals surface area contributed by atoms with Gasteiger partial charge in [0, 0.05) is 29.3 Å². The van der Waals surface area contributed by atoms with E-state index in [4.69, 9.17) is 0 Å². The monoisotopic (exact) mass is 544 g/mol. The van der Waals surface area contributed by atoms with Crippen LogP contribution in [0.2, 0.25) is 0 Å². The molecule has 200 valence electrons. The van der Waals surface area contributed by atoms with E-state index in [9.17, 15) is 8.42 Å². The minimum atomic E-state index is -3.61. The van der Waals surface area contributed by atoms with Gasteiger partial charge in [-0.2, -0.15) is 0 Å². The quantitative estimate of drug-likeness (QED) is 0.248. The molecule has 40 heavy (non-hydrogen) atoms. The molecule has 2 aliphatic heterocycles. The third-order valence-electron chi connectivity index (χ3n) is 8.50. The Bertz CT molecular complexity index is 1730. The van der Waals surface area contributed by atoms with E-state index >= 15 is 0 Å². The van der Waals surface area contributed by atoms with Gasteiger partial charge >= 0.3 is 0 Å². The maximum absolute atomic E-state index is 14.0. The normalized spacial score (nSPS) is 21.1. The molecular formula is C35H32N2O2S. The molecule has 5 heteroatoms. The lowest BCUT2D eigenvalue weighted by Crippen LogP contribution is -2.41. The van der Waals surface area contributed by atoms with E-state index in [0.29, 0.717) is 6.42 Å². The zero-order valence-corrected chi connectivity index (χ0v) is 23.3. The first kappa shape index (κ1) is 24.9. The number of anilines is 1. The average Bonchev–Trinajstić information content (AvgIpc) is 3.14. The van der Waals surface area contributed by atoms with Crippen molar-refractivity contribution in [3.63, 3.8) is 0 Å². The van der Waals surface area contributed by atoms with Crippen molar-refractivity contribution in [3.05, 3.63) is 149 Å². The summed E-state index contributed by atoms with van der Waals surface area (Å²) in [5.41, 5.74) is 8.60. The second kappa shape index (κ2) is 9.83. The van der Waals surface area contributed by atoms with Crippen LogP contribution in [0.25, 0.3) is 11.4 Å². The van der Waals surface area contributed by atoms with Crippen LogP contribution in [0.15, 0.2) is 121 Å². The van der Waals surface area contributed by atoms with Crippen LogP contribution in [0.4, 0.5) is 5.69 Å². The molecule has 0 amide bonds. The number of hydrogen-bond donors (Lipinski definition) is 0. The number of para-hydroxylation sites is 1. The average molecular weight is 545 g/mol. The summed E-state index contributed by atoms with van der Waals surface area (Å²) in [7, 11) is -3.61. The highest BCUT2D eigenvalue weighted by atomic mass is 32.2. The summed E-state index contributed by atoms with van der Waals surface area (Å²) in [6.07, 6.45) is 5.72. The standard InChI is InChI=1S/C35H32N2O2S/c1-2-3-22-40(38,39)36-24-33(26-16-8-5-9-17-26)37-32(25-14-6-4-7-15-25)23-30-27-18-10-11-19-28(27)34(30)35(37)29-20-12-13-21-31(29)36/h4-21,23-24,30,34-35H,2-3,22H2,1H3. The van der Waals surface area contributed by atoms with Crippen LogP contribution in [-0.2, 0) is 10.0 Å². The fraction of sp³-hybridized carbons (Fsp3) is 0.200. The lowest BCUT2D eigenvalue weighted by atomic mass is 9.61. The van der Waals surface area contributed by atoms with Gasteiger partial charge in [-0.1, -0.05) is 123 Å². The molecule has 4 aromatic carbocycles. The van der Waals surface area contributed by atoms with Gasteiger partial charge in [-0.15, -0.1) is 0 Å². The molecule has 7 rings (SSSR count). The molecule has 0 N–H and O–H groups in total. The summed E-state index contributed by atoms with van der Waals surface area (Å²) >= 11 is 0. The van der Waals surface area contributed by atoms with Gasteiger partial charge in [0.2, 0.25) is 10.0 Å². The fourth-order valence-electron chi connectivity index (χ4n) is 6.64. The number of allylic oxidation sites excluding steroid dienone is 1. The van der Waals surface area contributed by atoms with Crippen LogP contribution in [0.5, 0.6) is 0 Å². The van der Waals surface area contributed by atoms with Crippen LogP contribution in [0, 0.1) is 0 Å². The maximum atomic E-state index is 14.0. The number of rotatable bonds is 6. The minimum absolute atomic E-state index is 0.0749. The molecule has 0 saturated carbocycles. The predicted molar refractivity (Wildman–Crippen MR) is 163 cm³/mol. The summed E-state index contributed by atoms with van der Waals surface area (Å²) in [5.74, 6) is 0.563. The smallest absolute Gasteiger partial charge is 0.239 e. The van der Waals surface area contributed by atoms with E-state index in [0.717, 1.165) is 40.2 Å². The van der Waals surface area contributed by atoms with Crippen LogP contribution in [-0.4, -0.2) is 19.1 Å². The number of unbranched alkanes of at least 4 members (excludes halogenated alkanes) is 1. The van der Waals surface area contributed by atoms with Crippen molar-refractivity contribution >= 4 is 27.1 Å². The van der Waals surface area contributed by atoms with Crippen molar-refractivity contribution in [2.75, 3.05) is 10.1 Å². The van der Waals surface area contributed by atoms with Crippen LogP contribution in [0.3, 0.4) is 0 Å². The summed E-state index contributed by atoms with van der Waals surface area (Å²) in [5, 5.41) is 0. The Hall–Kier alpha value is -4.09. The third-order valence-corrected chi connectivity index (χ3v) is 10.2. The van der Waals surface area contributed by atoms with Crippen molar-refractivity contribution in [2.45, 2.75) is 37.6 Å². The van der Waals surface area contributed by atoms with Crippen LogP contribution < -0.4 is 4.31 Å². The number of fused-ring (bicyclic) bond motifs is 8. The Balaban J connectivity index is 1.54. The van der Waals surface area contributed by atoms with E-state index < -0.39 is 10.0 Å². The second-order valence-electron chi connectivity index (χ2n) is 10.8. The van der Waals surface area contributed by atoms with Gasteiger partial charge in [-0.3, -0.25) is 0 Å². The Kier molecular flexibility index (Phi) is 6.12. The molecule has 0 bridgehead atoms. The second-order valence-corrected chi connectivity index (χ2v) is 12.8. The molecule has 0 radical (unpaired) electrons. The van der Waals surface area contributed by atoms with Crippen LogP contribution >= 0.6 is 0 Å². The number of benzene rings is 4. The topological polar surface area (TPSA) is 40.6 Å². The molecule has 4 aromatic rings. The molecule has 4 nitrogen and oxygen atoms in total. The largest absolute Gasteiger partial charge is 0.331 e. The zero-order valence-electron chi connectivity index (χ0n) is 22.5. The van der Waals surface area contributed by atoms with Gasteiger partial charge in [0.05, 0.1) is 23.2 Å². The van der Waals surface area contributed by atoms with Crippen molar-refractivity contribution in [1.29, 1.82) is 0 Å². The van der Waals surface area contributed by atoms with Crippen molar-refractivity contribution in [3.8, 4) is 0 Å². The summed E-state index contributed by atoms with van der Waals surface area (Å²) in [6, 6.07) is 37.5. The first-order chi connectivity index (χ1) is 19.6. The Morgan fingerprint density at radius 1 is 0.675 bits per heavy atom. The summed E-state index contributed by atoms with van der Waals surface area (Å²) in [6.45, 7) is 2.03. The zero-order chi connectivity index (χ0) is 27.3. The molecule has 2 heterocycles. The summed E-state index contributed by atoms with van der Waals surface area (Å²) in [4.78, 5) is 2.41. The number of hydrogen-bond acceptors (Lipinski definition) is 3. The predicted octanol–water partition coefficient (Wildman–Crippen LogP) is 7.91. The molecule has 3 aliphatic rings. The number of nitrogens with zero attached hydrogens (tertiary/aromatic N) is 2. The first-order valence-corrected chi connectivity index (χ1v) is 15.7. The number of sulfonamides is 1. The Morgan fingerprint density at radius 2 is 1.25 bits per heavy atom. The molecule has 0 fully saturated rings. The molecule has 0 saturated heterocycles. The van der Waals surface area contributed by atoms with Gasteiger partial charge < -0.3 is 4.90 Å². The minimum Gasteiger partial charge on any atom is -0.331 e. The Labute approximate surface area is 237 Å². The molecule has 0 spiro atoms. The van der Waals surface area contributed by atoms with Gasteiger partial charge in [-0.05, 0) is 34.7 Å². The molecule has 3 unspecified atom stereocenters. The van der Waals surface area contributed by atoms with E-state index in [-0.39, 0.29) is 23.6 Å². The van der Waals surface area contributed by atoms with E-state index in [2.05, 4.69) is 77.7 Å². The first-order valence-electron chi connectivity index (χ1n) is 14.1. The summed E-state index contributed by atoms with van der Waals surface area (Å²) < 4.78 is 29.6. The van der Waals surface area contributed by atoms with Gasteiger partial charge in [0.1, 0.15) is 0 Å². The maximum Gasteiger partial charge on any atom is 0.239 e.